The molecular weight excluding hydrogens is 193 g/mol. The van der Waals surface area contributed by atoms with Crippen LogP contribution in [-0.2, 0) is 0 Å². The smallest absolute Gasteiger partial charge is 0.145 e. The van der Waals surface area contributed by atoms with Gasteiger partial charge in [0.2, 0.25) is 0 Å². The Morgan fingerprint density at radius 2 is 2.13 bits per heavy atom. The number of nitrogens with one attached hydrogen (secondary N) is 1. The van der Waals surface area contributed by atoms with Crippen molar-refractivity contribution in [3.8, 4) is 5.75 Å². The highest BCUT2D eigenvalue weighted by Gasteiger charge is 2.07. The summed E-state index contributed by atoms with van der Waals surface area (Å²) in [5, 5.41) is 3.28. The van der Waals surface area contributed by atoms with Crippen LogP contribution in [-0.4, -0.2) is 12.6 Å². The molecule has 0 heterocycles. The highest BCUT2D eigenvalue weighted by molar-refractivity contribution is 5.56. The number of ether oxygens (including phenoxy) is 1. The van der Waals surface area contributed by atoms with E-state index in [0.29, 0.717) is 18.4 Å². The molecule has 2 nitrogen and oxygen atoms in total. The Morgan fingerprint density at radius 1 is 1.40 bits per heavy atom. The van der Waals surface area contributed by atoms with Crippen molar-refractivity contribution in [3.05, 3.63) is 24.0 Å². The van der Waals surface area contributed by atoms with Crippen molar-refractivity contribution in [2.24, 2.45) is 0 Å². The third kappa shape index (κ3) is 3.42. The average Bonchev–Trinajstić information content (AvgIpc) is 2.22. The minimum absolute atomic E-state index is 0.270. The second-order valence-corrected chi connectivity index (χ2v) is 3.53. The summed E-state index contributed by atoms with van der Waals surface area (Å²) in [5.74, 6) is 0.311. The molecule has 0 saturated heterocycles. The van der Waals surface area contributed by atoms with Gasteiger partial charge < -0.3 is 10.1 Å². The van der Waals surface area contributed by atoms with Gasteiger partial charge in [0.1, 0.15) is 11.6 Å². The first-order valence-corrected chi connectivity index (χ1v) is 5.36. The van der Waals surface area contributed by atoms with Gasteiger partial charge in [-0.1, -0.05) is 6.92 Å². The molecule has 1 rings (SSSR count). The fraction of sp³-hybridized carbons (Fsp3) is 0.500. The van der Waals surface area contributed by atoms with Crippen LogP contribution in [0, 0.1) is 5.82 Å². The maximum absolute atomic E-state index is 13.0. The Bertz CT molecular complexity index is 314. The monoisotopic (exact) mass is 211 g/mol. The minimum atomic E-state index is -0.270. The van der Waals surface area contributed by atoms with Crippen LogP contribution in [0.3, 0.4) is 0 Å². The van der Waals surface area contributed by atoms with Crippen LogP contribution in [0.25, 0.3) is 0 Å². The lowest BCUT2D eigenvalue weighted by atomic mass is 10.2. The largest absolute Gasteiger partial charge is 0.492 e. The Morgan fingerprint density at radius 3 is 2.73 bits per heavy atom. The highest BCUT2D eigenvalue weighted by atomic mass is 19.1. The van der Waals surface area contributed by atoms with Crippen LogP contribution >= 0.6 is 0 Å². The first-order valence-electron chi connectivity index (χ1n) is 5.36. The van der Waals surface area contributed by atoms with Gasteiger partial charge in [0.15, 0.2) is 0 Å². The first kappa shape index (κ1) is 11.8. The molecule has 1 N–H and O–H groups in total. The van der Waals surface area contributed by atoms with E-state index >= 15 is 0 Å². The molecule has 0 saturated carbocycles. The summed E-state index contributed by atoms with van der Waals surface area (Å²) >= 11 is 0. The van der Waals surface area contributed by atoms with Crippen LogP contribution < -0.4 is 10.1 Å². The van der Waals surface area contributed by atoms with E-state index in [-0.39, 0.29) is 5.82 Å². The summed E-state index contributed by atoms with van der Waals surface area (Å²) in [6.45, 7) is 6.61. The van der Waals surface area contributed by atoms with Crippen molar-refractivity contribution in [2.45, 2.75) is 33.2 Å². The molecule has 0 spiro atoms. The highest BCUT2D eigenvalue weighted by Crippen LogP contribution is 2.26. The molecule has 0 aliphatic heterocycles. The van der Waals surface area contributed by atoms with E-state index in [0.717, 1.165) is 12.1 Å². The third-order valence-electron chi connectivity index (χ3n) is 2.26. The van der Waals surface area contributed by atoms with Crippen LogP contribution in [0.15, 0.2) is 18.2 Å². The molecule has 3 heteroatoms. The predicted molar refractivity (Wildman–Crippen MR) is 60.9 cm³/mol. The van der Waals surface area contributed by atoms with Crippen molar-refractivity contribution >= 4 is 5.69 Å². The first-order chi connectivity index (χ1) is 7.17. The number of hydrogen-bond donors (Lipinski definition) is 1. The minimum Gasteiger partial charge on any atom is -0.492 e. The number of rotatable bonds is 5. The Hall–Kier alpha value is -1.25. The Balaban J connectivity index is 2.85. The molecule has 1 aromatic rings. The summed E-state index contributed by atoms with van der Waals surface area (Å²) in [6.07, 6.45) is 1.02. The summed E-state index contributed by atoms with van der Waals surface area (Å²) < 4.78 is 18.3. The summed E-state index contributed by atoms with van der Waals surface area (Å²) in [4.78, 5) is 0. The molecule has 15 heavy (non-hydrogen) atoms. The fourth-order valence-electron chi connectivity index (χ4n) is 1.26. The quantitative estimate of drug-likeness (QED) is 0.805. The third-order valence-corrected chi connectivity index (χ3v) is 2.26. The van der Waals surface area contributed by atoms with Crippen molar-refractivity contribution < 1.29 is 9.13 Å². The molecule has 84 valence electrons. The van der Waals surface area contributed by atoms with Crippen LogP contribution in [0.5, 0.6) is 5.75 Å². The summed E-state index contributed by atoms with van der Waals surface area (Å²) in [6, 6.07) is 4.92. The van der Waals surface area contributed by atoms with E-state index in [2.05, 4.69) is 19.2 Å². The molecule has 0 aliphatic rings. The number of benzene rings is 1. The van der Waals surface area contributed by atoms with Gasteiger partial charge in [-0.3, -0.25) is 0 Å². The second-order valence-electron chi connectivity index (χ2n) is 3.53. The molecule has 1 atom stereocenters. The van der Waals surface area contributed by atoms with E-state index < -0.39 is 0 Å². The topological polar surface area (TPSA) is 21.3 Å². The van der Waals surface area contributed by atoms with E-state index in [1.54, 1.807) is 6.07 Å². The van der Waals surface area contributed by atoms with Crippen LogP contribution in [0.1, 0.15) is 27.2 Å². The van der Waals surface area contributed by atoms with Crippen molar-refractivity contribution in [1.82, 2.24) is 0 Å². The molecule has 0 fully saturated rings. The molecule has 0 radical (unpaired) electrons. The van der Waals surface area contributed by atoms with Gasteiger partial charge in [-0.05, 0) is 32.4 Å². The van der Waals surface area contributed by atoms with Gasteiger partial charge >= 0.3 is 0 Å². The van der Waals surface area contributed by atoms with Gasteiger partial charge in [-0.15, -0.1) is 0 Å². The summed E-state index contributed by atoms with van der Waals surface area (Å²) in [7, 11) is 0. The lowest BCUT2D eigenvalue weighted by Crippen LogP contribution is -2.14. The van der Waals surface area contributed by atoms with Gasteiger partial charge in [0.25, 0.3) is 0 Å². The van der Waals surface area contributed by atoms with Crippen molar-refractivity contribution in [1.29, 1.82) is 0 Å². The summed E-state index contributed by atoms with van der Waals surface area (Å²) in [5.41, 5.74) is 0.854. The maximum atomic E-state index is 13.0. The predicted octanol–water partition coefficient (Wildman–Crippen LogP) is 3.43. The van der Waals surface area contributed by atoms with Crippen molar-refractivity contribution in [2.75, 3.05) is 11.9 Å². The van der Waals surface area contributed by atoms with Crippen molar-refractivity contribution in [3.63, 3.8) is 0 Å². The normalized spacial score (nSPS) is 12.3. The zero-order valence-corrected chi connectivity index (χ0v) is 9.51. The molecule has 0 amide bonds. The van der Waals surface area contributed by atoms with E-state index in [4.69, 9.17) is 4.74 Å². The molecule has 0 aromatic heterocycles. The maximum Gasteiger partial charge on any atom is 0.145 e. The molecular formula is C12H18FNO. The molecule has 1 unspecified atom stereocenters. The van der Waals surface area contributed by atoms with Gasteiger partial charge in [-0.25, -0.2) is 4.39 Å². The van der Waals surface area contributed by atoms with E-state index in [9.17, 15) is 4.39 Å². The molecule has 0 aliphatic carbocycles. The average molecular weight is 211 g/mol. The lowest BCUT2D eigenvalue weighted by Gasteiger charge is -2.16. The van der Waals surface area contributed by atoms with Gasteiger partial charge in [-0.2, -0.15) is 0 Å². The zero-order chi connectivity index (χ0) is 11.3. The van der Waals surface area contributed by atoms with E-state index in [1.807, 2.05) is 6.92 Å². The van der Waals surface area contributed by atoms with Crippen LogP contribution in [0.2, 0.25) is 0 Å². The number of hydrogen-bond acceptors (Lipinski definition) is 2. The van der Waals surface area contributed by atoms with Gasteiger partial charge in [0.05, 0.1) is 12.3 Å². The van der Waals surface area contributed by atoms with E-state index in [1.165, 1.54) is 12.1 Å². The molecule has 0 bridgehead atoms. The Labute approximate surface area is 90.4 Å². The molecule has 1 aromatic carbocycles. The standard InChI is InChI=1S/C12H18FNO/c1-4-9(3)14-11-7-6-10(13)8-12(11)15-5-2/h6-9,14H,4-5H2,1-3H3. The number of anilines is 1. The number of halogens is 1. The Kier molecular flexibility index (Phi) is 4.40. The fourth-order valence-corrected chi connectivity index (χ4v) is 1.26. The zero-order valence-electron chi connectivity index (χ0n) is 9.51. The van der Waals surface area contributed by atoms with Gasteiger partial charge in [0, 0.05) is 12.1 Å². The lowest BCUT2D eigenvalue weighted by molar-refractivity contribution is 0.339. The SMILES string of the molecule is CCOc1cc(F)ccc1NC(C)CC. The second kappa shape index (κ2) is 5.59. The van der Waals surface area contributed by atoms with Crippen LogP contribution in [0.4, 0.5) is 10.1 Å².